The van der Waals surface area contributed by atoms with Crippen LogP contribution in [0.3, 0.4) is 0 Å². The third-order valence-corrected chi connectivity index (χ3v) is 3.25. The molecular weight excluding hydrogens is 462 g/mol. The Balaban J connectivity index is 0.00000338. The van der Waals surface area contributed by atoms with Crippen LogP contribution in [0.25, 0.3) is 0 Å². The predicted octanol–water partition coefficient (Wildman–Crippen LogP) is 4.45. The van der Waals surface area contributed by atoms with Gasteiger partial charge < -0.3 is 20.5 Å². The molecule has 3 N–H and O–H groups in total. The Morgan fingerprint density at radius 1 is 1.15 bits per heavy atom. The van der Waals surface area contributed by atoms with Crippen LogP contribution in [-0.4, -0.2) is 19.4 Å². The molecule has 0 unspecified atom stereocenters. The van der Waals surface area contributed by atoms with Gasteiger partial charge in [-0.3, -0.25) is 0 Å². The first-order valence-corrected chi connectivity index (χ1v) is 7.33. The SMILES string of the molecule is COc1ccc(CN=C(N)Nc2ccc(OC(F)(F)F)cc2)cc1C.I. The zero-order valence-electron chi connectivity index (χ0n) is 14.1. The number of guanidine groups is 1. The van der Waals surface area contributed by atoms with Gasteiger partial charge in [0.2, 0.25) is 0 Å². The fourth-order valence-corrected chi connectivity index (χ4v) is 2.14. The number of ether oxygens (including phenoxy) is 2. The molecule has 0 amide bonds. The molecule has 2 aromatic rings. The molecule has 5 nitrogen and oxygen atoms in total. The highest BCUT2D eigenvalue weighted by atomic mass is 127. The number of methoxy groups -OCH3 is 1. The van der Waals surface area contributed by atoms with Gasteiger partial charge in [-0.2, -0.15) is 0 Å². The van der Waals surface area contributed by atoms with Gasteiger partial charge in [-0.1, -0.05) is 12.1 Å². The number of nitrogens with zero attached hydrogens (tertiary/aromatic N) is 1. The van der Waals surface area contributed by atoms with Crippen molar-refractivity contribution in [1.82, 2.24) is 0 Å². The summed E-state index contributed by atoms with van der Waals surface area (Å²) in [4.78, 5) is 4.20. The normalized spacial score (nSPS) is 11.5. The Morgan fingerprint density at radius 3 is 2.35 bits per heavy atom. The predicted molar refractivity (Wildman–Crippen MR) is 105 cm³/mol. The van der Waals surface area contributed by atoms with Crippen molar-refractivity contribution < 1.29 is 22.6 Å². The smallest absolute Gasteiger partial charge is 0.496 e. The summed E-state index contributed by atoms with van der Waals surface area (Å²) in [5.74, 6) is 0.639. The van der Waals surface area contributed by atoms with E-state index in [-0.39, 0.29) is 35.7 Å². The summed E-state index contributed by atoms with van der Waals surface area (Å²) < 4.78 is 45.3. The molecule has 0 aliphatic rings. The Morgan fingerprint density at radius 2 is 1.81 bits per heavy atom. The lowest BCUT2D eigenvalue weighted by atomic mass is 10.1. The van der Waals surface area contributed by atoms with Crippen LogP contribution in [0.2, 0.25) is 0 Å². The monoisotopic (exact) mass is 481 g/mol. The molecule has 9 heteroatoms. The molecule has 0 radical (unpaired) electrons. The van der Waals surface area contributed by atoms with Crippen LogP contribution in [0.15, 0.2) is 47.5 Å². The number of hydrogen-bond donors (Lipinski definition) is 2. The third kappa shape index (κ3) is 6.98. The summed E-state index contributed by atoms with van der Waals surface area (Å²) in [5, 5.41) is 2.81. The maximum absolute atomic E-state index is 12.1. The first-order chi connectivity index (χ1) is 11.8. The van der Waals surface area contributed by atoms with E-state index in [2.05, 4.69) is 15.0 Å². The van der Waals surface area contributed by atoms with Gasteiger partial charge >= 0.3 is 6.36 Å². The maximum atomic E-state index is 12.1. The van der Waals surface area contributed by atoms with Crippen molar-refractivity contribution in [3.8, 4) is 11.5 Å². The number of hydrogen-bond acceptors (Lipinski definition) is 3. The minimum absolute atomic E-state index is 0. The van der Waals surface area contributed by atoms with Crippen LogP contribution in [0.1, 0.15) is 11.1 Å². The van der Waals surface area contributed by atoms with E-state index in [9.17, 15) is 13.2 Å². The lowest BCUT2D eigenvalue weighted by molar-refractivity contribution is -0.274. The molecule has 0 atom stereocenters. The number of aryl methyl sites for hydroxylation is 1. The van der Waals surface area contributed by atoms with Crippen LogP contribution in [0.5, 0.6) is 11.5 Å². The van der Waals surface area contributed by atoms with Crippen molar-refractivity contribution in [3.05, 3.63) is 53.6 Å². The van der Waals surface area contributed by atoms with Gasteiger partial charge in [0.1, 0.15) is 11.5 Å². The van der Waals surface area contributed by atoms with E-state index in [4.69, 9.17) is 10.5 Å². The van der Waals surface area contributed by atoms with Crippen LogP contribution >= 0.6 is 24.0 Å². The van der Waals surface area contributed by atoms with Crippen molar-refractivity contribution in [3.63, 3.8) is 0 Å². The van der Waals surface area contributed by atoms with Crippen LogP contribution in [-0.2, 0) is 6.54 Å². The highest BCUT2D eigenvalue weighted by molar-refractivity contribution is 14.0. The van der Waals surface area contributed by atoms with E-state index in [1.54, 1.807) is 7.11 Å². The summed E-state index contributed by atoms with van der Waals surface area (Å²) in [6.45, 7) is 2.29. The number of halogens is 4. The lowest BCUT2D eigenvalue weighted by Crippen LogP contribution is -2.22. The summed E-state index contributed by atoms with van der Waals surface area (Å²) >= 11 is 0. The van der Waals surface area contributed by atoms with Crippen molar-refractivity contribution in [2.45, 2.75) is 19.8 Å². The second kappa shape index (κ2) is 9.51. The van der Waals surface area contributed by atoms with Gasteiger partial charge in [-0.05, 0) is 48.4 Å². The summed E-state index contributed by atoms with van der Waals surface area (Å²) in [6, 6.07) is 10.9. The zero-order valence-corrected chi connectivity index (χ0v) is 16.5. The fourth-order valence-electron chi connectivity index (χ4n) is 2.14. The Labute approximate surface area is 166 Å². The first kappa shape index (κ1) is 21.9. The number of aliphatic imine (C=N–C) groups is 1. The number of anilines is 1. The van der Waals surface area contributed by atoms with E-state index in [1.807, 2.05) is 25.1 Å². The molecule has 0 aliphatic carbocycles. The van der Waals surface area contributed by atoms with Crippen molar-refractivity contribution in [2.75, 3.05) is 12.4 Å². The molecule has 0 aliphatic heterocycles. The number of nitrogens with one attached hydrogen (secondary N) is 1. The summed E-state index contributed by atoms with van der Waals surface area (Å²) in [5.41, 5.74) is 8.24. The van der Waals surface area contributed by atoms with Gasteiger partial charge in [0.15, 0.2) is 5.96 Å². The molecule has 142 valence electrons. The summed E-state index contributed by atoms with van der Waals surface area (Å²) in [7, 11) is 1.60. The molecule has 0 heterocycles. The molecule has 2 aromatic carbocycles. The lowest BCUT2D eigenvalue weighted by Gasteiger charge is -2.10. The third-order valence-electron chi connectivity index (χ3n) is 3.25. The fraction of sp³-hybridized carbons (Fsp3) is 0.235. The first-order valence-electron chi connectivity index (χ1n) is 7.33. The quantitative estimate of drug-likeness (QED) is 0.377. The van der Waals surface area contributed by atoms with Gasteiger partial charge in [0.05, 0.1) is 13.7 Å². The Bertz CT molecular complexity index is 750. The van der Waals surface area contributed by atoms with Gasteiger partial charge in [0.25, 0.3) is 0 Å². The maximum Gasteiger partial charge on any atom is 0.573 e. The van der Waals surface area contributed by atoms with E-state index >= 15 is 0 Å². The number of nitrogens with two attached hydrogens (primary N) is 1. The van der Waals surface area contributed by atoms with Gasteiger partial charge in [-0.25, -0.2) is 4.99 Å². The highest BCUT2D eigenvalue weighted by Gasteiger charge is 2.30. The van der Waals surface area contributed by atoms with Crippen LogP contribution < -0.4 is 20.5 Å². The molecule has 0 aromatic heterocycles. The number of benzene rings is 2. The highest BCUT2D eigenvalue weighted by Crippen LogP contribution is 2.24. The standard InChI is InChI=1S/C17H18F3N3O2.HI/c1-11-9-12(3-8-15(11)24-2)10-22-16(21)23-13-4-6-14(7-5-13)25-17(18,19)20;/h3-9H,10H2,1-2H3,(H3,21,22,23);1H. The van der Waals surface area contributed by atoms with Crippen molar-refractivity contribution in [2.24, 2.45) is 10.7 Å². The van der Waals surface area contributed by atoms with E-state index in [0.29, 0.717) is 12.2 Å². The van der Waals surface area contributed by atoms with Crippen molar-refractivity contribution >= 4 is 35.6 Å². The average Bonchev–Trinajstić information content (AvgIpc) is 2.53. The minimum Gasteiger partial charge on any atom is -0.496 e. The molecule has 0 spiro atoms. The topological polar surface area (TPSA) is 68.9 Å². The largest absolute Gasteiger partial charge is 0.573 e. The van der Waals surface area contributed by atoms with E-state index in [1.165, 1.54) is 24.3 Å². The Kier molecular flexibility index (Phi) is 8.00. The molecular formula is C17H19F3IN3O2. The molecule has 0 fully saturated rings. The minimum atomic E-state index is -4.72. The van der Waals surface area contributed by atoms with Crippen LogP contribution in [0.4, 0.5) is 18.9 Å². The van der Waals surface area contributed by atoms with Gasteiger partial charge in [-0.15, -0.1) is 37.1 Å². The molecule has 0 saturated heterocycles. The van der Waals surface area contributed by atoms with E-state index < -0.39 is 6.36 Å². The van der Waals surface area contributed by atoms with E-state index in [0.717, 1.165) is 16.9 Å². The van der Waals surface area contributed by atoms with Crippen molar-refractivity contribution in [1.29, 1.82) is 0 Å². The number of alkyl halides is 3. The van der Waals surface area contributed by atoms with Crippen LogP contribution in [0, 0.1) is 6.92 Å². The molecule has 2 rings (SSSR count). The van der Waals surface area contributed by atoms with Gasteiger partial charge in [0, 0.05) is 5.69 Å². The number of rotatable bonds is 5. The second-order valence-electron chi connectivity index (χ2n) is 5.20. The Hall–Kier alpha value is -2.17. The molecule has 0 bridgehead atoms. The second-order valence-corrected chi connectivity index (χ2v) is 5.20. The molecule has 26 heavy (non-hydrogen) atoms. The average molecular weight is 481 g/mol. The summed E-state index contributed by atoms with van der Waals surface area (Å²) in [6.07, 6.45) is -4.72. The molecule has 0 saturated carbocycles. The zero-order chi connectivity index (χ0) is 18.4.